The summed E-state index contributed by atoms with van der Waals surface area (Å²) in [4.78, 5) is 48.8. The molecule has 1 fully saturated rings. The van der Waals surface area contributed by atoms with Crippen LogP contribution < -0.4 is 5.32 Å². The Hall–Kier alpha value is -2.33. The lowest BCUT2D eigenvalue weighted by atomic mass is 10.1. The first-order chi connectivity index (χ1) is 14.1. The van der Waals surface area contributed by atoms with Crippen LogP contribution in [0.15, 0.2) is 0 Å². The highest BCUT2D eigenvalue weighted by Gasteiger charge is 2.48. The summed E-state index contributed by atoms with van der Waals surface area (Å²) in [5, 5.41) is 2.27. The van der Waals surface area contributed by atoms with E-state index in [1.807, 2.05) is 13.8 Å². The van der Waals surface area contributed by atoms with Crippen LogP contribution in [0.3, 0.4) is 0 Å². The zero-order valence-corrected chi connectivity index (χ0v) is 17.3. The van der Waals surface area contributed by atoms with Gasteiger partial charge in [-0.05, 0) is 25.7 Å². The van der Waals surface area contributed by atoms with Crippen LogP contribution in [0.4, 0.5) is 13.2 Å². The standard InChI is InChI=1S/C19H29F3N2O6/c1-3-5-10-29-15(25)12-13(17(27)30-11-6-4-2)23-16(26)14-8-7-9-24(14)18(28)19(20,21)22/h13-14H,3-12H2,1-2H3,(H,23,26)/t13-,14-/m0/s1. The fourth-order valence-corrected chi connectivity index (χ4v) is 2.88. The number of ether oxygens (including phenoxy) is 2. The Kier molecular flexibility index (Phi) is 10.6. The van der Waals surface area contributed by atoms with E-state index >= 15 is 0 Å². The molecule has 8 nitrogen and oxygen atoms in total. The van der Waals surface area contributed by atoms with Crippen LogP contribution in [0.2, 0.25) is 0 Å². The van der Waals surface area contributed by atoms with Crippen molar-refractivity contribution < 1.29 is 41.8 Å². The molecular weight excluding hydrogens is 409 g/mol. The van der Waals surface area contributed by atoms with Gasteiger partial charge in [0.05, 0.1) is 19.6 Å². The first kappa shape index (κ1) is 25.7. The molecule has 1 aliphatic rings. The number of nitrogens with zero attached hydrogens (tertiary/aromatic N) is 1. The van der Waals surface area contributed by atoms with Crippen LogP contribution in [0, 0.1) is 0 Å². The quantitative estimate of drug-likeness (QED) is 0.392. The second-order valence-electron chi connectivity index (χ2n) is 7.01. The van der Waals surface area contributed by atoms with E-state index in [2.05, 4.69) is 5.32 Å². The van der Waals surface area contributed by atoms with Gasteiger partial charge in [-0.15, -0.1) is 0 Å². The molecule has 1 saturated heterocycles. The molecule has 0 spiro atoms. The first-order valence-corrected chi connectivity index (χ1v) is 10.1. The van der Waals surface area contributed by atoms with Crippen LogP contribution in [0.1, 0.15) is 58.8 Å². The molecule has 1 rings (SSSR count). The lowest BCUT2D eigenvalue weighted by Crippen LogP contribution is -2.54. The third-order valence-corrected chi connectivity index (χ3v) is 4.53. The van der Waals surface area contributed by atoms with Crippen molar-refractivity contribution in [2.24, 2.45) is 0 Å². The molecular formula is C19H29F3N2O6. The lowest BCUT2D eigenvalue weighted by molar-refractivity contribution is -0.186. The molecule has 2 atom stereocenters. The zero-order chi connectivity index (χ0) is 22.7. The first-order valence-electron chi connectivity index (χ1n) is 10.1. The van der Waals surface area contributed by atoms with Gasteiger partial charge < -0.3 is 19.7 Å². The number of hydrogen-bond donors (Lipinski definition) is 1. The second kappa shape index (κ2) is 12.4. The van der Waals surface area contributed by atoms with Crippen molar-refractivity contribution in [3.8, 4) is 0 Å². The van der Waals surface area contributed by atoms with Crippen molar-refractivity contribution in [1.82, 2.24) is 10.2 Å². The Morgan fingerprint density at radius 2 is 1.67 bits per heavy atom. The molecule has 0 aromatic rings. The molecule has 0 aliphatic carbocycles. The highest BCUT2D eigenvalue weighted by atomic mass is 19.4. The smallest absolute Gasteiger partial charge is 0.466 e. The number of hydrogen-bond acceptors (Lipinski definition) is 6. The van der Waals surface area contributed by atoms with Gasteiger partial charge in [-0.1, -0.05) is 26.7 Å². The molecule has 2 amide bonds. The van der Waals surface area contributed by atoms with Gasteiger partial charge in [-0.3, -0.25) is 14.4 Å². The molecule has 0 saturated carbocycles. The van der Waals surface area contributed by atoms with Crippen molar-refractivity contribution in [3.05, 3.63) is 0 Å². The Bertz CT molecular complexity index is 612. The summed E-state index contributed by atoms with van der Waals surface area (Å²) in [7, 11) is 0. The van der Waals surface area contributed by atoms with E-state index in [-0.39, 0.29) is 32.6 Å². The maximum atomic E-state index is 12.8. The number of likely N-dealkylation sites (tertiary alicyclic amines) is 1. The van der Waals surface area contributed by atoms with Gasteiger partial charge in [-0.25, -0.2) is 4.79 Å². The number of carbonyl (C=O) groups is 4. The molecule has 0 unspecified atom stereocenters. The van der Waals surface area contributed by atoms with E-state index in [0.29, 0.717) is 17.7 Å². The molecule has 0 aromatic carbocycles. The van der Waals surface area contributed by atoms with Gasteiger partial charge in [0.2, 0.25) is 5.91 Å². The van der Waals surface area contributed by atoms with E-state index in [1.54, 1.807) is 0 Å². The number of nitrogens with one attached hydrogen (secondary N) is 1. The average Bonchev–Trinajstić information content (AvgIpc) is 3.16. The highest BCUT2D eigenvalue weighted by Crippen LogP contribution is 2.26. The van der Waals surface area contributed by atoms with Gasteiger partial charge in [-0.2, -0.15) is 13.2 Å². The fraction of sp³-hybridized carbons (Fsp3) is 0.789. The van der Waals surface area contributed by atoms with Crippen molar-refractivity contribution >= 4 is 23.8 Å². The molecule has 30 heavy (non-hydrogen) atoms. The maximum absolute atomic E-state index is 12.8. The highest BCUT2D eigenvalue weighted by molar-refractivity contribution is 5.93. The summed E-state index contributed by atoms with van der Waals surface area (Å²) < 4.78 is 48.3. The fourth-order valence-electron chi connectivity index (χ4n) is 2.88. The van der Waals surface area contributed by atoms with Gasteiger partial charge in [0.25, 0.3) is 0 Å². The molecule has 0 radical (unpaired) electrons. The number of unbranched alkanes of at least 4 members (excludes halogenated alkanes) is 2. The number of alkyl halides is 3. The molecule has 11 heteroatoms. The third kappa shape index (κ3) is 8.19. The maximum Gasteiger partial charge on any atom is 0.471 e. The van der Waals surface area contributed by atoms with Crippen molar-refractivity contribution in [2.45, 2.75) is 77.1 Å². The minimum atomic E-state index is -5.11. The Morgan fingerprint density at radius 3 is 2.23 bits per heavy atom. The second-order valence-corrected chi connectivity index (χ2v) is 7.01. The molecule has 1 N–H and O–H groups in total. The average molecular weight is 438 g/mol. The van der Waals surface area contributed by atoms with Crippen LogP contribution in [0.5, 0.6) is 0 Å². The Labute approximate surface area is 173 Å². The number of halogens is 3. The van der Waals surface area contributed by atoms with Crippen molar-refractivity contribution in [2.75, 3.05) is 19.8 Å². The number of rotatable bonds is 11. The summed E-state index contributed by atoms with van der Waals surface area (Å²) >= 11 is 0. The minimum Gasteiger partial charge on any atom is -0.466 e. The SMILES string of the molecule is CCCCOC(=O)C[C@H](NC(=O)[C@@H]1CCCN1C(=O)C(F)(F)F)C(=O)OCCCC. The van der Waals surface area contributed by atoms with Crippen LogP contribution in [0.25, 0.3) is 0 Å². The predicted molar refractivity (Wildman–Crippen MR) is 99.1 cm³/mol. The number of esters is 2. The largest absolute Gasteiger partial charge is 0.471 e. The lowest BCUT2D eigenvalue weighted by Gasteiger charge is -2.26. The normalized spacial score (nSPS) is 17.4. The van der Waals surface area contributed by atoms with E-state index < -0.39 is 48.4 Å². The van der Waals surface area contributed by atoms with Crippen LogP contribution in [-0.4, -0.2) is 66.7 Å². The van der Waals surface area contributed by atoms with Crippen molar-refractivity contribution in [1.29, 1.82) is 0 Å². The van der Waals surface area contributed by atoms with E-state index in [0.717, 1.165) is 12.8 Å². The molecule has 172 valence electrons. The summed E-state index contributed by atoms with van der Waals surface area (Å²) in [5.41, 5.74) is 0. The summed E-state index contributed by atoms with van der Waals surface area (Å²) in [5.74, 6) is -4.67. The van der Waals surface area contributed by atoms with E-state index in [9.17, 15) is 32.3 Å². The zero-order valence-electron chi connectivity index (χ0n) is 17.3. The Balaban J connectivity index is 2.82. The molecule has 0 bridgehead atoms. The summed E-state index contributed by atoms with van der Waals surface area (Å²) in [6.45, 7) is 3.79. The van der Waals surface area contributed by atoms with E-state index in [1.165, 1.54) is 0 Å². The molecule has 1 aliphatic heterocycles. The van der Waals surface area contributed by atoms with Crippen molar-refractivity contribution in [3.63, 3.8) is 0 Å². The molecule has 0 aromatic heterocycles. The Morgan fingerprint density at radius 1 is 1.07 bits per heavy atom. The van der Waals surface area contributed by atoms with Gasteiger partial charge in [0.1, 0.15) is 12.1 Å². The monoisotopic (exact) mass is 438 g/mol. The topological polar surface area (TPSA) is 102 Å². The van der Waals surface area contributed by atoms with Crippen LogP contribution in [-0.2, 0) is 28.7 Å². The van der Waals surface area contributed by atoms with Gasteiger partial charge in [0.15, 0.2) is 0 Å². The summed E-state index contributed by atoms with van der Waals surface area (Å²) in [6.07, 6.45) is -2.65. The minimum absolute atomic E-state index is 0.0200. The van der Waals surface area contributed by atoms with Gasteiger partial charge >= 0.3 is 24.0 Å². The summed E-state index contributed by atoms with van der Waals surface area (Å²) in [6, 6.07) is -2.78. The van der Waals surface area contributed by atoms with E-state index in [4.69, 9.17) is 9.47 Å². The third-order valence-electron chi connectivity index (χ3n) is 4.53. The van der Waals surface area contributed by atoms with Gasteiger partial charge in [0, 0.05) is 6.54 Å². The predicted octanol–water partition coefficient (Wildman–Crippen LogP) is 2.10. The number of carbonyl (C=O) groups excluding carboxylic acids is 4. The van der Waals surface area contributed by atoms with Crippen LogP contribution >= 0.6 is 0 Å². The number of amides is 2. The molecule has 1 heterocycles.